The van der Waals surface area contributed by atoms with Crippen molar-refractivity contribution in [2.45, 2.75) is 6.54 Å². The van der Waals surface area contributed by atoms with Crippen LogP contribution in [-0.2, 0) is 11.3 Å². The molecule has 0 aliphatic heterocycles. The highest BCUT2D eigenvalue weighted by Crippen LogP contribution is 2.21. The summed E-state index contributed by atoms with van der Waals surface area (Å²) < 4.78 is 0. The lowest BCUT2D eigenvalue weighted by atomic mass is 10.2. The molecule has 0 aliphatic carbocycles. The van der Waals surface area contributed by atoms with Gasteiger partial charge in [0.1, 0.15) is 6.54 Å². The maximum Gasteiger partial charge on any atom is 0.263 e. The molecule has 0 aliphatic rings. The van der Waals surface area contributed by atoms with E-state index in [1.165, 1.54) is 11.0 Å². The number of carbonyl (C=O) groups is 1. The monoisotopic (exact) mass is 374 g/mol. The van der Waals surface area contributed by atoms with Gasteiger partial charge in [0.15, 0.2) is 0 Å². The fraction of sp³-hybridized carbons (Fsp3) is 0.0625. The number of hydrogen-bond donors (Lipinski definition) is 1. The topological polar surface area (TPSA) is 85.1 Å². The van der Waals surface area contributed by atoms with Crippen LogP contribution in [0.3, 0.4) is 0 Å². The number of tetrazole rings is 1. The van der Waals surface area contributed by atoms with E-state index in [1.54, 1.807) is 18.2 Å². The van der Waals surface area contributed by atoms with Crippen LogP contribution in [0.4, 0.5) is 0 Å². The van der Waals surface area contributed by atoms with Crippen LogP contribution in [0.1, 0.15) is 5.56 Å². The van der Waals surface area contributed by atoms with Crippen molar-refractivity contribution in [2.24, 2.45) is 5.10 Å². The molecule has 0 bridgehead atoms. The Morgan fingerprint density at radius 1 is 1.16 bits per heavy atom. The Labute approximate surface area is 153 Å². The summed E-state index contributed by atoms with van der Waals surface area (Å²) in [6.07, 6.45) is 1.46. The summed E-state index contributed by atoms with van der Waals surface area (Å²) in [7, 11) is 0. The molecule has 0 fully saturated rings. The van der Waals surface area contributed by atoms with Crippen molar-refractivity contribution in [1.29, 1.82) is 0 Å². The van der Waals surface area contributed by atoms with Gasteiger partial charge in [0.25, 0.3) is 5.91 Å². The van der Waals surface area contributed by atoms with Gasteiger partial charge in [-0.1, -0.05) is 59.6 Å². The third-order valence-electron chi connectivity index (χ3n) is 3.12. The van der Waals surface area contributed by atoms with Gasteiger partial charge in [-0.25, -0.2) is 5.43 Å². The van der Waals surface area contributed by atoms with Crippen molar-refractivity contribution in [3.05, 3.63) is 64.1 Å². The minimum Gasteiger partial charge on any atom is -0.271 e. The number of halogens is 2. The van der Waals surface area contributed by atoms with Crippen molar-refractivity contribution >= 4 is 35.3 Å². The maximum absolute atomic E-state index is 11.9. The van der Waals surface area contributed by atoms with Crippen LogP contribution in [0.25, 0.3) is 11.4 Å². The number of benzene rings is 2. The molecule has 1 heterocycles. The molecule has 0 saturated carbocycles. The number of hydrogen-bond acceptors (Lipinski definition) is 5. The van der Waals surface area contributed by atoms with E-state index in [-0.39, 0.29) is 12.5 Å². The molecule has 9 heteroatoms. The van der Waals surface area contributed by atoms with Crippen LogP contribution in [0.5, 0.6) is 0 Å². The first kappa shape index (κ1) is 17.1. The van der Waals surface area contributed by atoms with Gasteiger partial charge in [0.2, 0.25) is 5.82 Å². The summed E-state index contributed by atoms with van der Waals surface area (Å²) in [5.41, 5.74) is 3.92. The van der Waals surface area contributed by atoms with E-state index in [0.717, 1.165) is 5.56 Å². The molecule has 0 spiro atoms. The van der Waals surface area contributed by atoms with Crippen LogP contribution in [0.15, 0.2) is 53.6 Å². The highest BCUT2D eigenvalue weighted by atomic mass is 35.5. The van der Waals surface area contributed by atoms with Crippen LogP contribution >= 0.6 is 23.2 Å². The molecular weight excluding hydrogens is 363 g/mol. The number of carbonyl (C=O) groups excluding carboxylic acids is 1. The number of amides is 1. The van der Waals surface area contributed by atoms with Gasteiger partial charge < -0.3 is 0 Å². The Morgan fingerprint density at radius 2 is 1.96 bits per heavy atom. The molecule has 126 valence electrons. The van der Waals surface area contributed by atoms with E-state index < -0.39 is 0 Å². The largest absolute Gasteiger partial charge is 0.271 e. The third-order valence-corrected chi connectivity index (χ3v) is 3.86. The molecule has 0 atom stereocenters. The first-order chi connectivity index (χ1) is 12.1. The van der Waals surface area contributed by atoms with E-state index in [1.807, 2.05) is 30.3 Å². The molecule has 25 heavy (non-hydrogen) atoms. The van der Waals surface area contributed by atoms with Crippen LogP contribution < -0.4 is 5.43 Å². The van der Waals surface area contributed by atoms with E-state index in [2.05, 4.69) is 25.9 Å². The molecule has 1 N–H and O–H groups in total. The standard InChI is InChI=1S/C16H12Cl2N6O/c17-13-7-6-11(8-14(13)18)9-19-20-15(25)10-24-22-16(21-23-24)12-4-2-1-3-5-12/h1-9H,10H2,(H,20,25)/b19-9-. The van der Waals surface area contributed by atoms with Gasteiger partial charge in [-0.05, 0) is 22.9 Å². The van der Waals surface area contributed by atoms with Crippen molar-refractivity contribution in [3.63, 3.8) is 0 Å². The highest BCUT2D eigenvalue weighted by Gasteiger charge is 2.08. The number of hydrazone groups is 1. The predicted molar refractivity (Wildman–Crippen MR) is 95.5 cm³/mol. The SMILES string of the molecule is O=C(Cn1nnc(-c2ccccc2)n1)N/N=C\c1ccc(Cl)c(Cl)c1. The Morgan fingerprint density at radius 3 is 2.72 bits per heavy atom. The minimum atomic E-state index is -0.381. The Hall–Kier alpha value is -2.77. The average Bonchev–Trinajstić information content (AvgIpc) is 3.07. The molecule has 0 saturated heterocycles. The Kier molecular flexibility index (Phi) is 5.37. The quantitative estimate of drug-likeness (QED) is 0.549. The van der Waals surface area contributed by atoms with Gasteiger partial charge in [-0.15, -0.1) is 10.2 Å². The summed E-state index contributed by atoms with van der Waals surface area (Å²) in [6.45, 7) is -0.0987. The van der Waals surface area contributed by atoms with E-state index in [4.69, 9.17) is 23.2 Å². The average molecular weight is 375 g/mol. The van der Waals surface area contributed by atoms with E-state index in [0.29, 0.717) is 21.4 Å². The van der Waals surface area contributed by atoms with Gasteiger partial charge in [0, 0.05) is 5.56 Å². The Bertz CT molecular complexity index is 910. The van der Waals surface area contributed by atoms with Crippen molar-refractivity contribution in [3.8, 4) is 11.4 Å². The number of rotatable bonds is 5. The molecule has 1 amide bonds. The first-order valence-electron chi connectivity index (χ1n) is 7.22. The molecular formula is C16H12Cl2N6O. The number of aromatic nitrogens is 4. The fourth-order valence-corrected chi connectivity index (χ4v) is 2.25. The molecule has 7 nitrogen and oxygen atoms in total. The maximum atomic E-state index is 11.9. The van der Waals surface area contributed by atoms with Crippen molar-refractivity contribution in [2.75, 3.05) is 0 Å². The van der Waals surface area contributed by atoms with Gasteiger partial charge in [-0.3, -0.25) is 4.79 Å². The van der Waals surface area contributed by atoms with E-state index in [9.17, 15) is 4.79 Å². The molecule has 3 rings (SSSR count). The summed E-state index contributed by atoms with van der Waals surface area (Å²) in [6, 6.07) is 14.4. The predicted octanol–water partition coefficient (Wildman–Crippen LogP) is 2.80. The normalized spacial score (nSPS) is 11.0. The lowest BCUT2D eigenvalue weighted by molar-refractivity contribution is -0.122. The summed E-state index contributed by atoms with van der Waals surface area (Å²) >= 11 is 11.7. The summed E-state index contributed by atoms with van der Waals surface area (Å²) in [4.78, 5) is 13.1. The highest BCUT2D eigenvalue weighted by molar-refractivity contribution is 6.42. The minimum absolute atomic E-state index is 0.0987. The fourth-order valence-electron chi connectivity index (χ4n) is 1.95. The smallest absolute Gasteiger partial charge is 0.263 e. The zero-order valence-corrected chi connectivity index (χ0v) is 14.3. The summed E-state index contributed by atoms with van der Waals surface area (Å²) in [5.74, 6) is 0.0704. The molecule has 0 unspecified atom stereocenters. The zero-order chi connectivity index (χ0) is 17.6. The lowest BCUT2D eigenvalue weighted by Gasteiger charge is -1.99. The summed E-state index contributed by atoms with van der Waals surface area (Å²) in [5, 5.41) is 16.7. The lowest BCUT2D eigenvalue weighted by Crippen LogP contribution is -2.24. The third kappa shape index (κ3) is 4.62. The van der Waals surface area contributed by atoms with Crippen molar-refractivity contribution < 1.29 is 4.79 Å². The second-order valence-electron chi connectivity index (χ2n) is 4.98. The van der Waals surface area contributed by atoms with Crippen LogP contribution in [0.2, 0.25) is 10.0 Å². The van der Waals surface area contributed by atoms with Crippen LogP contribution in [0, 0.1) is 0 Å². The second kappa shape index (κ2) is 7.87. The molecule has 1 aromatic heterocycles. The van der Waals surface area contributed by atoms with Gasteiger partial charge in [0.05, 0.1) is 16.3 Å². The zero-order valence-electron chi connectivity index (χ0n) is 12.8. The van der Waals surface area contributed by atoms with Crippen LogP contribution in [-0.4, -0.2) is 32.3 Å². The number of nitrogens with one attached hydrogen (secondary N) is 1. The molecule has 3 aromatic rings. The molecule has 2 aromatic carbocycles. The first-order valence-corrected chi connectivity index (χ1v) is 7.97. The van der Waals surface area contributed by atoms with Crippen molar-refractivity contribution in [1.82, 2.24) is 25.6 Å². The second-order valence-corrected chi connectivity index (χ2v) is 5.79. The number of nitrogens with zero attached hydrogens (tertiary/aromatic N) is 5. The Balaban J connectivity index is 1.57. The van der Waals surface area contributed by atoms with Gasteiger partial charge in [-0.2, -0.15) is 9.90 Å². The van der Waals surface area contributed by atoms with E-state index >= 15 is 0 Å². The molecule has 0 radical (unpaired) electrons. The van der Waals surface area contributed by atoms with Gasteiger partial charge >= 0.3 is 0 Å².